The van der Waals surface area contributed by atoms with Gasteiger partial charge in [-0.05, 0) is 49.1 Å². The number of aromatic nitrogens is 1. The first-order chi connectivity index (χ1) is 10.3. The molecule has 1 N–H and O–H groups in total. The van der Waals surface area contributed by atoms with Crippen LogP contribution in [0.3, 0.4) is 0 Å². The first-order valence-corrected chi connectivity index (χ1v) is 7.69. The molecule has 1 saturated heterocycles. The maximum atomic E-state index is 10.4. The van der Waals surface area contributed by atoms with Crippen molar-refractivity contribution in [1.29, 1.82) is 0 Å². The van der Waals surface area contributed by atoms with E-state index in [0.29, 0.717) is 6.04 Å². The van der Waals surface area contributed by atoms with Gasteiger partial charge in [-0.2, -0.15) is 0 Å². The lowest BCUT2D eigenvalue weighted by Crippen LogP contribution is -2.30. The van der Waals surface area contributed by atoms with Crippen LogP contribution >= 0.6 is 0 Å². The molecular formula is C18H22N2O. The molecule has 110 valence electrons. The third-order valence-electron chi connectivity index (χ3n) is 4.31. The molecule has 1 aliphatic rings. The van der Waals surface area contributed by atoms with E-state index < -0.39 is 0 Å². The predicted octanol–water partition coefficient (Wildman–Crippen LogP) is 3.17. The van der Waals surface area contributed by atoms with Crippen LogP contribution in [0.5, 0.6) is 0 Å². The monoisotopic (exact) mass is 282 g/mol. The molecule has 2 atom stereocenters. The Morgan fingerprint density at radius 3 is 2.67 bits per heavy atom. The third kappa shape index (κ3) is 3.69. The first kappa shape index (κ1) is 14.2. The molecule has 0 unspecified atom stereocenters. The number of aliphatic hydroxyl groups is 1. The van der Waals surface area contributed by atoms with Crippen LogP contribution in [0.4, 0.5) is 0 Å². The molecule has 0 saturated carbocycles. The first-order valence-electron chi connectivity index (χ1n) is 7.69. The molecule has 1 fully saturated rings. The zero-order valence-electron chi connectivity index (χ0n) is 12.2. The third-order valence-corrected chi connectivity index (χ3v) is 4.31. The highest BCUT2D eigenvalue weighted by molar-refractivity contribution is 5.17. The van der Waals surface area contributed by atoms with Crippen LogP contribution < -0.4 is 0 Å². The standard InChI is InChI=1S/C18H22N2O/c21-18(16-5-2-1-3-6-16)13-17-7-4-12-20(17)14-15-8-10-19-11-9-15/h1-3,5-6,8-11,17-18,21H,4,7,12-14H2/t17-,18+/m1/s1. The van der Waals surface area contributed by atoms with Crippen molar-refractivity contribution in [2.24, 2.45) is 0 Å². The summed E-state index contributed by atoms with van der Waals surface area (Å²) in [6, 6.07) is 14.6. The van der Waals surface area contributed by atoms with Gasteiger partial charge in [0.05, 0.1) is 6.10 Å². The van der Waals surface area contributed by atoms with Gasteiger partial charge < -0.3 is 5.11 Å². The second-order valence-electron chi connectivity index (χ2n) is 5.78. The summed E-state index contributed by atoms with van der Waals surface area (Å²) in [4.78, 5) is 6.56. The Balaban J connectivity index is 1.62. The van der Waals surface area contributed by atoms with E-state index in [9.17, 15) is 5.11 Å². The summed E-state index contributed by atoms with van der Waals surface area (Å²) < 4.78 is 0. The van der Waals surface area contributed by atoms with E-state index in [0.717, 1.165) is 25.1 Å². The van der Waals surface area contributed by atoms with Crippen molar-refractivity contribution in [3.05, 3.63) is 66.0 Å². The number of hydrogen-bond acceptors (Lipinski definition) is 3. The number of benzene rings is 1. The summed E-state index contributed by atoms with van der Waals surface area (Å²) in [5, 5.41) is 10.4. The molecule has 3 rings (SSSR count). The van der Waals surface area contributed by atoms with Crippen molar-refractivity contribution in [1.82, 2.24) is 9.88 Å². The van der Waals surface area contributed by atoms with E-state index >= 15 is 0 Å². The number of aliphatic hydroxyl groups excluding tert-OH is 1. The van der Waals surface area contributed by atoms with E-state index in [2.05, 4.69) is 22.0 Å². The fourth-order valence-corrected chi connectivity index (χ4v) is 3.16. The summed E-state index contributed by atoms with van der Waals surface area (Å²) >= 11 is 0. The summed E-state index contributed by atoms with van der Waals surface area (Å²) in [5.74, 6) is 0. The molecule has 1 aliphatic heterocycles. The van der Waals surface area contributed by atoms with E-state index in [4.69, 9.17) is 0 Å². The highest BCUT2D eigenvalue weighted by Crippen LogP contribution is 2.28. The van der Waals surface area contributed by atoms with Crippen LogP contribution in [0.25, 0.3) is 0 Å². The zero-order chi connectivity index (χ0) is 14.5. The van der Waals surface area contributed by atoms with Crippen molar-refractivity contribution in [2.45, 2.75) is 38.0 Å². The summed E-state index contributed by atoms with van der Waals surface area (Å²) in [5.41, 5.74) is 2.32. The zero-order valence-corrected chi connectivity index (χ0v) is 12.2. The van der Waals surface area contributed by atoms with Crippen molar-refractivity contribution >= 4 is 0 Å². The SMILES string of the molecule is O[C@@H](C[C@H]1CCCN1Cc1ccncc1)c1ccccc1. The quantitative estimate of drug-likeness (QED) is 0.915. The molecule has 0 aliphatic carbocycles. The number of nitrogens with zero attached hydrogens (tertiary/aromatic N) is 2. The molecule has 3 nitrogen and oxygen atoms in total. The van der Waals surface area contributed by atoms with E-state index in [1.54, 1.807) is 0 Å². The van der Waals surface area contributed by atoms with Crippen LogP contribution in [0, 0.1) is 0 Å². The molecule has 1 aromatic heterocycles. The second kappa shape index (κ2) is 6.83. The average molecular weight is 282 g/mol. The number of rotatable bonds is 5. The second-order valence-corrected chi connectivity index (χ2v) is 5.78. The van der Waals surface area contributed by atoms with Gasteiger partial charge in [-0.25, -0.2) is 0 Å². The van der Waals surface area contributed by atoms with Gasteiger partial charge in [-0.3, -0.25) is 9.88 Å². The van der Waals surface area contributed by atoms with Gasteiger partial charge in [0, 0.05) is 25.0 Å². The van der Waals surface area contributed by atoms with Crippen LogP contribution in [0.15, 0.2) is 54.9 Å². The van der Waals surface area contributed by atoms with Crippen LogP contribution in [-0.2, 0) is 6.54 Å². The molecule has 0 amide bonds. The lowest BCUT2D eigenvalue weighted by atomic mass is 10.0. The molecule has 2 aromatic rings. The largest absolute Gasteiger partial charge is 0.388 e. The minimum atomic E-state index is -0.366. The summed E-state index contributed by atoms with van der Waals surface area (Å²) in [6.45, 7) is 2.07. The van der Waals surface area contributed by atoms with Crippen LogP contribution in [0.1, 0.15) is 36.5 Å². The van der Waals surface area contributed by atoms with E-state index in [-0.39, 0.29) is 6.10 Å². The highest BCUT2D eigenvalue weighted by Gasteiger charge is 2.27. The van der Waals surface area contributed by atoms with Gasteiger partial charge in [-0.1, -0.05) is 30.3 Å². The lowest BCUT2D eigenvalue weighted by Gasteiger charge is -2.26. The van der Waals surface area contributed by atoms with Gasteiger partial charge >= 0.3 is 0 Å². The molecule has 0 radical (unpaired) electrons. The Kier molecular flexibility index (Phi) is 4.63. The summed E-state index contributed by atoms with van der Waals surface area (Å²) in [7, 11) is 0. The highest BCUT2D eigenvalue weighted by atomic mass is 16.3. The Bertz CT molecular complexity index is 544. The molecule has 21 heavy (non-hydrogen) atoms. The molecule has 0 spiro atoms. The number of pyridine rings is 1. The number of hydrogen-bond donors (Lipinski definition) is 1. The Hall–Kier alpha value is -1.71. The molecule has 0 bridgehead atoms. The van der Waals surface area contributed by atoms with Crippen molar-refractivity contribution < 1.29 is 5.11 Å². The topological polar surface area (TPSA) is 36.4 Å². The van der Waals surface area contributed by atoms with Crippen LogP contribution in [-0.4, -0.2) is 27.6 Å². The average Bonchev–Trinajstić information content (AvgIpc) is 2.96. The van der Waals surface area contributed by atoms with Crippen molar-refractivity contribution in [3.8, 4) is 0 Å². The molecule has 3 heteroatoms. The van der Waals surface area contributed by atoms with Gasteiger partial charge in [0.2, 0.25) is 0 Å². The Morgan fingerprint density at radius 2 is 1.90 bits per heavy atom. The number of likely N-dealkylation sites (tertiary alicyclic amines) is 1. The smallest absolute Gasteiger partial charge is 0.0805 e. The Labute approximate surface area is 126 Å². The van der Waals surface area contributed by atoms with Gasteiger partial charge in [0.25, 0.3) is 0 Å². The fourth-order valence-electron chi connectivity index (χ4n) is 3.16. The van der Waals surface area contributed by atoms with Crippen LogP contribution in [0.2, 0.25) is 0 Å². The van der Waals surface area contributed by atoms with Gasteiger partial charge in [0.1, 0.15) is 0 Å². The molecule has 2 heterocycles. The van der Waals surface area contributed by atoms with E-state index in [1.165, 1.54) is 18.4 Å². The van der Waals surface area contributed by atoms with E-state index in [1.807, 2.05) is 42.7 Å². The summed E-state index contributed by atoms with van der Waals surface area (Å²) in [6.07, 6.45) is 6.54. The maximum Gasteiger partial charge on any atom is 0.0805 e. The van der Waals surface area contributed by atoms with Crippen molar-refractivity contribution in [3.63, 3.8) is 0 Å². The van der Waals surface area contributed by atoms with Gasteiger partial charge in [-0.15, -0.1) is 0 Å². The van der Waals surface area contributed by atoms with Crippen molar-refractivity contribution in [2.75, 3.05) is 6.54 Å². The minimum absolute atomic E-state index is 0.366. The molecular weight excluding hydrogens is 260 g/mol. The normalized spacial score (nSPS) is 20.5. The molecule has 1 aromatic carbocycles. The fraction of sp³-hybridized carbons (Fsp3) is 0.389. The minimum Gasteiger partial charge on any atom is -0.388 e. The Morgan fingerprint density at radius 1 is 1.14 bits per heavy atom. The maximum absolute atomic E-state index is 10.4. The lowest BCUT2D eigenvalue weighted by molar-refractivity contribution is 0.118. The van der Waals surface area contributed by atoms with Gasteiger partial charge in [0.15, 0.2) is 0 Å². The predicted molar refractivity (Wildman–Crippen MR) is 83.7 cm³/mol.